The van der Waals surface area contributed by atoms with Gasteiger partial charge in [-0.25, -0.2) is 4.79 Å². The molecule has 2 N–H and O–H groups in total. The highest BCUT2D eigenvalue weighted by Gasteiger charge is 2.39. The van der Waals surface area contributed by atoms with Crippen LogP contribution >= 0.6 is 11.6 Å². The molecule has 1 aliphatic heterocycles. The summed E-state index contributed by atoms with van der Waals surface area (Å²) in [5.74, 6) is -1.72. The fourth-order valence-electron chi connectivity index (χ4n) is 3.23. The fraction of sp³-hybridized carbons (Fsp3) is 0.500. The van der Waals surface area contributed by atoms with Crippen molar-refractivity contribution in [3.63, 3.8) is 0 Å². The van der Waals surface area contributed by atoms with Crippen molar-refractivity contribution in [1.82, 2.24) is 10.2 Å². The zero-order valence-electron chi connectivity index (χ0n) is 13.8. The van der Waals surface area contributed by atoms with Crippen LogP contribution in [-0.2, 0) is 9.59 Å². The van der Waals surface area contributed by atoms with Crippen LogP contribution in [0.15, 0.2) is 24.3 Å². The summed E-state index contributed by atoms with van der Waals surface area (Å²) in [5.41, 5.74) is 0.534. The van der Waals surface area contributed by atoms with Crippen molar-refractivity contribution in [1.29, 1.82) is 0 Å². The summed E-state index contributed by atoms with van der Waals surface area (Å²) < 4.78 is 0. The largest absolute Gasteiger partial charge is 0.480 e. The van der Waals surface area contributed by atoms with E-state index in [1.165, 1.54) is 0 Å². The molecule has 0 aromatic heterocycles. The number of carbonyl (C=O) groups is 3. The van der Waals surface area contributed by atoms with Gasteiger partial charge in [-0.2, -0.15) is 0 Å². The van der Waals surface area contributed by atoms with Crippen molar-refractivity contribution in [3.05, 3.63) is 34.9 Å². The Balaban J connectivity index is 1.62. The van der Waals surface area contributed by atoms with Crippen LogP contribution in [0.1, 0.15) is 36.0 Å². The number of hydrogen-bond donors (Lipinski definition) is 2. The topological polar surface area (TPSA) is 86.7 Å². The lowest BCUT2D eigenvalue weighted by molar-refractivity contribution is -0.143. The number of likely N-dealkylation sites (tertiary alicyclic amines) is 1. The van der Waals surface area contributed by atoms with Gasteiger partial charge in [-0.05, 0) is 55.9 Å². The normalized spacial score (nSPS) is 21.5. The van der Waals surface area contributed by atoms with E-state index in [2.05, 4.69) is 5.32 Å². The first-order valence-electron chi connectivity index (χ1n) is 8.53. The molecule has 2 aliphatic rings. The number of nitrogens with zero attached hydrogens (tertiary/aromatic N) is 1. The van der Waals surface area contributed by atoms with Crippen molar-refractivity contribution >= 4 is 29.4 Å². The third-order valence-corrected chi connectivity index (χ3v) is 5.08. The molecule has 1 saturated heterocycles. The van der Waals surface area contributed by atoms with E-state index in [0.29, 0.717) is 30.1 Å². The standard InChI is InChI=1S/C18H21ClN2O4/c19-14-7-5-12(6-8-14)17(23)21-9-1-2-13(10-21)16(22)20-15(18(24)25)11-3-4-11/h5-8,11,13,15H,1-4,9-10H2,(H,20,22)(H,24,25). The van der Waals surface area contributed by atoms with Crippen molar-refractivity contribution < 1.29 is 19.5 Å². The smallest absolute Gasteiger partial charge is 0.326 e. The third kappa shape index (κ3) is 4.31. The van der Waals surface area contributed by atoms with Crippen molar-refractivity contribution in [2.45, 2.75) is 31.7 Å². The van der Waals surface area contributed by atoms with Crippen LogP contribution in [0.2, 0.25) is 5.02 Å². The zero-order chi connectivity index (χ0) is 18.0. The predicted molar refractivity (Wildman–Crippen MR) is 92.4 cm³/mol. The minimum Gasteiger partial charge on any atom is -0.480 e. The number of nitrogens with one attached hydrogen (secondary N) is 1. The molecule has 0 spiro atoms. The zero-order valence-corrected chi connectivity index (χ0v) is 14.5. The Labute approximate surface area is 151 Å². The average molecular weight is 365 g/mol. The summed E-state index contributed by atoms with van der Waals surface area (Å²) in [6.07, 6.45) is 3.05. The molecule has 2 atom stereocenters. The molecule has 1 aromatic rings. The molecule has 1 aromatic carbocycles. The maximum Gasteiger partial charge on any atom is 0.326 e. The average Bonchev–Trinajstić information content (AvgIpc) is 3.44. The second-order valence-electron chi connectivity index (χ2n) is 6.76. The maximum absolute atomic E-state index is 12.6. The molecular weight excluding hydrogens is 344 g/mol. The number of aliphatic carboxylic acids is 1. The van der Waals surface area contributed by atoms with Gasteiger partial charge < -0.3 is 15.3 Å². The number of rotatable bonds is 5. The molecule has 2 fully saturated rings. The molecule has 0 bridgehead atoms. The predicted octanol–water partition coefficient (Wildman–Crippen LogP) is 2.17. The fourth-order valence-corrected chi connectivity index (χ4v) is 3.36. The van der Waals surface area contributed by atoms with Gasteiger partial charge in [0.2, 0.25) is 5.91 Å². The summed E-state index contributed by atoms with van der Waals surface area (Å²) in [7, 11) is 0. The number of amides is 2. The second kappa shape index (κ2) is 7.44. The Kier molecular flexibility index (Phi) is 5.27. The molecule has 1 heterocycles. The van der Waals surface area contributed by atoms with Crippen molar-refractivity contribution in [3.8, 4) is 0 Å². The van der Waals surface area contributed by atoms with Gasteiger partial charge in [0.15, 0.2) is 0 Å². The van der Waals surface area contributed by atoms with E-state index in [9.17, 15) is 19.5 Å². The third-order valence-electron chi connectivity index (χ3n) is 4.83. The minimum absolute atomic E-state index is 0.0387. The lowest BCUT2D eigenvalue weighted by Gasteiger charge is -2.32. The number of carboxylic acid groups (broad SMARTS) is 1. The van der Waals surface area contributed by atoms with E-state index in [0.717, 1.165) is 19.3 Å². The maximum atomic E-state index is 12.6. The molecule has 1 saturated carbocycles. The summed E-state index contributed by atoms with van der Waals surface area (Å²) in [5, 5.41) is 12.5. The van der Waals surface area contributed by atoms with E-state index in [1.807, 2.05) is 0 Å². The van der Waals surface area contributed by atoms with Crippen LogP contribution in [-0.4, -0.2) is 46.9 Å². The molecule has 1 aliphatic carbocycles. The highest BCUT2D eigenvalue weighted by Crippen LogP contribution is 2.33. The Morgan fingerprint density at radius 1 is 1.16 bits per heavy atom. The lowest BCUT2D eigenvalue weighted by atomic mass is 9.96. The van der Waals surface area contributed by atoms with Gasteiger partial charge in [0.05, 0.1) is 5.92 Å². The van der Waals surface area contributed by atoms with Crippen LogP contribution < -0.4 is 5.32 Å². The Bertz CT molecular complexity index is 672. The molecule has 0 radical (unpaired) electrons. The van der Waals surface area contributed by atoms with Gasteiger partial charge in [-0.3, -0.25) is 9.59 Å². The summed E-state index contributed by atoms with van der Waals surface area (Å²) >= 11 is 5.85. The minimum atomic E-state index is -0.985. The Morgan fingerprint density at radius 3 is 2.44 bits per heavy atom. The van der Waals surface area contributed by atoms with E-state index >= 15 is 0 Å². The Hall–Kier alpha value is -2.08. The van der Waals surface area contributed by atoms with Gasteiger partial charge in [0.25, 0.3) is 5.91 Å². The molecule has 25 heavy (non-hydrogen) atoms. The SMILES string of the molecule is O=C(NC(C(=O)O)C1CC1)C1CCCN(C(=O)c2ccc(Cl)cc2)C1. The number of carbonyl (C=O) groups excluding carboxylic acids is 2. The first-order chi connectivity index (χ1) is 12.0. The number of benzene rings is 1. The van der Waals surface area contributed by atoms with Crippen molar-refractivity contribution in [2.75, 3.05) is 13.1 Å². The number of carboxylic acids is 1. The number of hydrogen-bond acceptors (Lipinski definition) is 3. The van der Waals surface area contributed by atoms with Crippen LogP contribution in [0.25, 0.3) is 0 Å². The molecule has 2 unspecified atom stereocenters. The first-order valence-corrected chi connectivity index (χ1v) is 8.91. The van der Waals surface area contributed by atoms with Gasteiger partial charge in [-0.1, -0.05) is 11.6 Å². The van der Waals surface area contributed by atoms with Crippen LogP contribution in [0.5, 0.6) is 0 Å². The van der Waals surface area contributed by atoms with Gasteiger partial charge >= 0.3 is 5.97 Å². The van der Waals surface area contributed by atoms with Crippen LogP contribution in [0.3, 0.4) is 0 Å². The Morgan fingerprint density at radius 2 is 1.84 bits per heavy atom. The van der Waals surface area contributed by atoms with E-state index < -0.39 is 12.0 Å². The first kappa shape index (κ1) is 17.7. The highest BCUT2D eigenvalue weighted by atomic mass is 35.5. The lowest BCUT2D eigenvalue weighted by Crippen LogP contribution is -2.50. The van der Waals surface area contributed by atoms with E-state index in [-0.39, 0.29) is 23.7 Å². The highest BCUT2D eigenvalue weighted by molar-refractivity contribution is 6.30. The quantitative estimate of drug-likeness (QED) is 0.838. The molecule has 3 rings (SSSR count). The summed E-state index contributed by atoms with van der Waals surface area (Å²) in [4.78, 5) is 38.0. The number of piperidine rings is 1. The molecule has 134 valence electrons. The molecule has 6 nitrogen and oxygen atoms in total. The molecule has 2 amide bonds. The molecule has 7 heteroatoms. The van der Waals surface area contributed by atoms with E-state index in [1.54, 1.807) is 29.2 Å². The second-order valence-corrected chi connectivity index (χ2v) is 7.20. The summed E-state index contributed by atoms with van der Waals surface area (Å²) in [6.45, 7) is 0.903. The van der Waals surface area contributed by atoms with Gasteiger partial charge in [0, 0.05) is 23.7 Å². The van der Waals surface area contributed by atoms with Crippen LogP contribution in [0, 0.1) is 11.8 Å². The van der Waals surface area contributed by atoms with E-state index in [4.69, 9.17) is 11.6 Å². The van der Waals surface area contributed by atoms with Crippen molar-refractivity contribution in [2.24, 2.45) is 11.8 Å². The summed E-state index contributed by atoms with van der Waals surface area (Å²) in [6, 6.07) is 5.85. The van der Waals surface area contributed by atoms with Crippen LogP contribution in [0.4, 0.5) is 0 Å². The monoisotopic (exact) mass is 364 g/mol. The number of halogens is 1. The molecular formula is C18H21ClN2O4. The van der Waals surface area contributed by atoms with Gasteiger partial charge in [0.1, 0.15) is 6.04 Å². The van der Waals surface area contributed by atoms with Gasteiger partial charge in [-0.15, -0.1) is 0 Å².